The van der Waals surface area contributed by atoms with E-state index in [1.807, 2.05) is 0 Å². The highest BCUT2D eigenvalue weighted by atomic mass is 16.5. The number of hydrogen-bond acceptors (Lipinski definition) is 3. The smallest absolute Gasteiger partial charge is 0.123 e. The standard InChI is InChI=1S/C16H26N2O/c1-12-5-6-16(19-4)14(9-12)11-18-8-7-15(17-3)13(2)10-18/h5-6,9,13,15,17H,7-8,10-11H2,1-4H3. The number of likely N-dealkylation sites (tertiary alicyclic amines) is 1. The molecule has 0 saturated carbocycles. The van der Waals surface area contributed by atoms with E-state index in [2.05, 4.69) is 49.3 Å². The van der Waals surface area contributed by atoms with Crippen molar-refractivity contribution in [2.45, 2.75) is 32.9 Å². The van der Waals surface area contributed by atoms with Crippen molar-refractivity contribution in [2.24, 2.45) is 5.92 Å². The lowest BCUT2D eigenvalue weighted by Crippen LogP contribution is -2.46. The van der Waals surface area contributed by atoms with Crippen LogP contribution in [0.2, 0.25) is 0 Å². The molecule has 1 saturated heterocycles. The second-order valence-corrected chi connectivity index (χ2v) is 5.71. The zero-order valence-corrected chi connectivity index (χ0v) is 12.6. The van der Waals surface area contributed by atoms with E-state index >= 15 is 0 Å². The molecule has 1 fully saturated rings. The van der Waals surface area contributed by atoms with Crippen molar-refractivity contribution in [3.8, 4) is 5.75 Å². The molecule has 0 aliphatic carbocycles. The molecule has 1 aromatic rings. The second kappa shape index (κ2) is 6.40. The zero-order valence-electron chi connectivity index (χ0n) is 12.6. The van der Waals surface area contributed by atoms with Crippen LogP contribution in [0.3, 0.4) is 0 Å². The Bertz CT molecular complexity index is 419. The van der Waals surface area contributed by atoms with Gasteiger partial charge in [0.15, 0.2) is 0 Å². The van der Waals surface area contributed by atoms with Crippen molar-refractivity contribution in [3.05, 3.63) is 29.3 Å². The topological polar surface area (TPSA) is 24.5 Å². The Hall–Kier alpha value is -1.06. The number of nitrogens with zero attached hydrogens (tertiary/aromatic N) is 1. The molecule has 0 aromatic heterocycles. The predicted octanol–water partition coefficient (Wildman–Crippen LogP) is 2.43. The fourth-order valence-corrected chi connectivity index (χ4v) is 3.08. The predicted molar refractivity (Wildman–Crippen MR) is 79.6 cm³/mol. The fraction of sp³-hybridized carbons (Fsp3) is 0.625. The van der Waals surface area contributed by atoms with E-state index in [-0.39, 0.29) is 0 Å². The number of methoxy groups -OCH3 is 1. The molecule has 3 heteroatoms. The molecule has 1 heterocycles. The number of piperidine rings is 1. The first-order valence-electron chi connectivity index (χ1n) is 7.17. The molecular formula is C16H26N2O. The van der Waals surface area contributed by atoms with Crippen LogP contribution in [0.5, 0.6) is 5.75 Å². The van der Waals surface area contributed by atoms with Crippen LogP contribution in [0.1, 0.15) is 24.5 Å². The maximum atomic E-state index is 5.47. The molecule has 19 heavy (non-hydrogen) atoms. The van der Waals surface area contributed by atoms with E-state index in [9.17, 15) is 0 Å². The first-order chi connectivity index (χ1) is 9.13. The minimum atomic E-state index is 0.663. The quantitative estimate of drug-likeness (QED) is 0.902. The monoisotopic (exact) mass is 262 g/mol. The Morgan fingerprint density at radius 2 is 2.21 bits per heavy atom. The van der Waals surface area contributed by atoms with Crippen LogP contribution in [-0.4, -0.2) is 38.2 Å². The molecule has 2 unspecified atom stereocenters. The highest BCUT2D eigenvalue weighted by Crippen LogP contribution is 2.24. The zero-order chi connectivity index (χ0) is 13.8. The molecule has 0 spiro atoms. The number of hydrogen-bond donors (Lipinski definition) is 1. The number of benzene rings is 1. The Morgan fingerprint density at radius 3 is 2.84 bits per heavy atom. The summed E-state index contributed by atoms with van der Waals surface area (Å²) in [7, 11) is 3.82. The largest absolute Gasteiger partial charge is 0.496 e. The lowest BCUT2D eigenvalue weighted by atomic mass is 9.93. The van der Waals surface area contributed by atoms with Gasteiger partial charge >= 0.3 is 0 Å². The van der Waals surface area contributed by atoms with Gasteiger partial charge in [0.2, 0.25) is 0 Å². The highest BCUT2D eigenvalue weighted by molar-refractivity contribution is 5.36. The lowest BCUT2D eigenvalue weighted by molar-refractivity contribution is 0.144. The molecule has 106 valence electrons. The number of rotatable bonds is 4. The average Bonchev–Trinajstić information content (AvgIpc) is 2.39. The Labute approximate surface area is 116 Å². The molecule has 0 amide bonds. The first-order valence-corrected chi connectivity index (χ1v) is 7.17. The summed E-state index contributed by atoms with van der Waals surface area (Å²) < 4.78 is 5.47. The molecule has 3 nitrogen and oxygen atoms in total. The maximum absolute atomic E-state index is 5.47. The van der Waals surface area contributed by atoms with Crippen molar-refractivity contribution < 1.29 is 4.74 Å². The van der Waals surface area contributed by atoms with E-state index in [0.717, 1.165) is 25.4 Å². The van der Waals surface area contributed by atoms with Crippen molar-refractivity contribution in [3.63, 3.8) is 0 Å². The van der Waals surface area contributed by atoms with Crippen LogP contribution in [0.4, 0.5) is 0 Å². The minimum Gasteiger partial charge on any atom is -0.496 e. The summed E-state index contributed by atoms with van der Waals surface area (Å²) in [5, 5.41) is 3.42. The van der Waals surface area contributed by atoms with Gasteiger partial charge in [-0.15, -0.1) is 0 Å². The third-order valence-electron chi connectivity index (χ3n) is 4.19. The summed E-state index contributed by atoms with van der Waals surface area (Å²) in [4.78, 5) is 2.54. The summed E-state index contributed by atoms with van der Waals surface area (Å²) in [6, 6.07) is 7.09. The molecule has 0 radical (unpaired) electrons. The van der Waals surface area contributed by atoms with E-state index in [4.69, 9.17) is 4.74 Å². The number of nitrogens with one attached hydrogen (secondary N) is 1. The van der Waals surface area contributed by atoms with E-state index in [0.29, 0.717) is 12.0 Å². The van der Waals surface area contributed by atoms with E-state index in [1.165, 1.54) is 17.5 Å². The van der Waals surface area contributed by atoms with Crippen molar-refractivity contribution >= 4 is 0 Å². The van der Waals surface area contributed by atoms with Gasteiger partial charge in [-0.2, -0.15) is 0 Å². The third kappa shape index (κ3) is 3.48. The van der Waals surface area contributed by atoms with Crippen LogP contribution in [0.25, 0.3) is 0 Å². The molecule has 1 N–H and O–H groups in total. The van der Waals surface area contributed by atoms with Crippen molar-refractivity contribution in [2.75, 3.05) is 27.2 Å². The molecule has 2 atom stereocenters. The van der Waals surface area contributed by atoms with Gasteiger partial charge in [0.05, 0.1) is 7.11 Å². The first kappa shape index (κ1) is 14.4. The average molecular weight is 262 g/mol. The summed E-state index contributed by atoms with van der Waals surface area (Å²) in [6.45, 7) is 7.78. The van der Waals surface area contributed by atoms with Gasteiger partial charge in [0.1, 0.15) is 5.75 Å². The molecule has 1 aliphatic rings. The fourth-order valence-electron chi connectivity index (χ4n) is 3.08. The van der Waals surface area contributed by atoms with Crippen molar-refractivity contribution in [1.29, 1.82) is 0 Å². The SMILES string of the molecule is CNC1CCN(Cc2cc(C)ccc2OC)CC1C. The van der Waals surface area contributed by atoms with Gasteiger partial charge in [-0.25, -0.2) is 0 Å². The second-order valence-electron chi connectivity index (χ2n) is 5.71. The number of ether oxygens (including phenoxy) is 1. The summed E-state index contributed by atoms with van der Waals surface area (Å²) in [5.41, 5.74) is 2.60. The van der Waals surface area contributed by atoms with Gasteiger partial charge < -0.3 is 10.1 Å². The Morgan fingerprint density at radius 1 is 1.42 bits per heavy atom. The molecule has 2 rings (SSSR count). The molecular weight excluding hydrogens is 236 g/mol. The van der Waals surface area contributed by atoms with Crippen LogP contribution < -0.4 is 10.1 Å². The van der Waals surface area contributed by atoms with Crippen LogP contribution >= 0.6 is 0 Å². The van der Waals surface area contributed by atoms with Crippen molar-refractivity contribution in [1.82, 2.24) is 10.2 Å². The summed E-state index contributed by atoms with van der Waals surface area (Å²) in [6.07, 6.45) is 1.23. The lowest BCUT2D eigenvalue weighted by Gasteiger charge is -2.37. The van der Waals surface area contributed by atoms with Gasteiger partial charge in [-0.3, -0.25) is 4.90 Å². The van der Waals surface area contributed by atoms with Gasteiger partial charge in [0.25, 0.3) is 0 Å². The maximum Gasteiger partial charge on any atom is 0.123 e. The van der Waals surface area contributed by atoms with E-state index in [1.54, 1.807) is 7.11 Å². The highest BCUT2D eigenvalue weighted by Gasteiger charge is 2.25. The van der Waals surface area contributed by atoms with E-state index < -0.39 is 0 Å². The van der Waals surface area contributed by atoms with Crippen LogP contribution in [0.15, 0.2) is 18.2 Å². The van der Waals surface area contributed by atoms with Gasteiger partial charge in [-0.05, 0) is 38.9 Å². The molecule has 0 bridgehead atoms. The van der Waals surface area contributed by atoms with Crippen LogP contribution in [-0.2, 0) is 6.54 Å². The third-order valence-corrected chi connectivity index (χ3v) is 4.19. The molecule has 1 aromatic carbocycles. The Balaban J connectivity index is 2.04. The summed E-state index contributed by atoms with van der Waals surface area (Å²) in [5.74, 6) is 1.71. The van der Waals surface area contributed by atoms with Gasteiger partial charge in [-0.1, -0.05) is 24.6 Å². The summed E-state index contributed by atoms with van der Waals surface area (Å²) >= 11 is 0. The Kier molecular flexibility index (Phi) is 4.83. The normalized spacial score (nSPS) is 24.4. The van der Waals surface area contributed by atoms with Gasteiger partial charge in [0, 0.05) is 24.7 Å². The minimum absolute atomic E-state index is 0.663. The van der Waals surface area contributed by atoms with Crippen LogP contribution in [0, 0.1) is 12.8 Å². The number of aryl methyl sites for hydroxylation is 1. The molecule has 1 aliphatic heterocycles.